The van der Waals surface area contributed by atoms with E-state index in [4.69, 9.17) is 4.42 Å². The number of amides is 1. The highest BCUT2D eigenvalue weighted by Crippen LogP contribution is 2.20. The average molecular weight is 332 g/mol. The number of furan rings is 1. The summed E-state index contributed by atoms with van der Waals surface area (Å²) in [6, 6.07) is 15.3. The number of hydrogen-bond donors (Lipinski definition) is 3. The Labute approximate surface area is 143 Å². The number of benzene rings is 2. The van der Waals surface area contributed by atoms with Crippen LogP contribution in [0.5, 0.6) is 0 Å². The minimum absolute atomic E-state index is 0.201. The van der Waals surface area contributed by atoms with Gasteiger partial charge in [-0.05, 0) is 29.8 Å². The molecule has 6 heteroatoms. The number of carbonyl (C=O) groups is 1. The van der Waals surface area contributed by atoms with Crippen LogP contribution in [0.1, 0.15) is 15.9 Å². The van der Waals surface area contributed by atoms with Crippen molar-refractivity contribution < 1.29 is 9.21 Å². The van der Waals surface area contributed by atoms with Crippen molar-refractivity contribution in [3.8, 4) is 0 Å². The van der Waals surface area contributed by atoms with Crippen LogP contribution in [0.2, 0.25) is 0 Å². The molecule has 0 saturated carbocycles. The van der Waals surface area contributed by atoms with Crippen LogP contribution in [-0.2, 0) is 6.54 Å². The molecule has 2 aromatic carbocycles. The molecule has 124 valence electrons. The van der Waals surface area contributed by atoms with Crippen LogP contribution in [0.15, 0.2) is 71.7 Å². The molecule has 0 aliphatic carbocycles. The van der Waals surface area contributed by atoms with E-state index in [0.29, 0.717) is 12.1 Å². The highest BCUT2D eigenvalue weighted by molar-refractivity contribution is 6.04. The maximum atomic E-state index is 12.1. The van der Waals surface area contributed by atoms with Gasteiger partial charge in [-0.25, -0.2) is 0 Å². The Balaban J connectivity index is 1.46. The zero-order valence-corrected chi connectivity index (χ0v) is 13.3. The summed E-state index contributed by atoms with van der Waals surface area (Å²) in [6.45, 7) is 0.651. The molecule has 0 aliphatic rings. The van der Waals surface area contributed by atoms with E-state index in [1.165, 1.54) is 12.5 Å². The third-order valence-electron chi connectivity index (χ3n) is 3.95. The van der Waals surface area contributed by atoms with Crippen LogP contribution in [-0.4, -0.2) is 16.1 Å². The predicted octanol–water partition coefficient (Wildman–Crippen LogP) is 4.02. The maximum absolute atomic E-state index is 12.1. The molecule has 4 rings (SSSR count). The van der Waals surface area contributed by atoms with Crippen LogP contribution < -0.4 is 10.6 Å². The number of para-hydroxylation sites is 1. The van der Waals surface area contributed by atoms with E-state index >= 15 is 0 Å². The second-order valence-electron chi connectivity index (χ2n) is 5.65. The van der Waals surface area contributed by atoms with Crippen LogP contribution in [0, 0.1) is 0 Å². The first-order valence-electron chi connectivity index (χ1n) is 7.88. The van der Waals surface area contributed by atoms with Gasteiger partial charge in [0.2, 0.25) is 0 Å². The molecular formula is C19H16N4O2. The minimum atomic E-state index is -0.201. The quantitative estimate of drug-likeness (QED) is 0.515. The van der Waals surface area contributed by atoms with Gasteiger partial charge in [-0.2, -0.15) is 5.10 Å². The van der Waals surface area contributed by atoms with E-state index in [-0.39, 0.29) is 5.91 Å². The Morgan fingerprint density at radius 3 is 2.88 bits per heavy atom. The molecule has 0 bridgehead atoms. The molecule has 2 heterocycles. The first-order valence-corrected chi connectivity index (χ1v) is 7.88. The number of anilines is 2. The van der Waals surface area contributed by atoms with Crippen LogP contribution in [0.4, 0.5) is 11.4 Å². The van der Waals surface area contributed by atoms with Gasteiger partial charge in [0.1, 0.15) is 6.26 Å². The summed E-state index contributed by atoms with van der Waals surface area (Å²) in [5.41, 5.74) is 4.28. The van der Waals surface area contributed by atoms with Gasteiger partial charge in [0.05, 0.1) is 23.5 Å². The number of carbonyl (C=O) groups excluding carboxylic acids is 1. The molecular weight excluding hydrogens is 316 g/mol. The number of nitrogens with one attached hydrogen (secondary N) is 3. The van der Waals surface area contributed by atoms with E-state index in [0.717, 1.165) is 27.8 Å². The topological polar surface area (TPSA) is 83.0 Å². The minimum Gasteiger partial charge on any atom is -0.472 e. The SMILES string of the molecule is O=C(Nc1cccc(NCc2cccc3cn[nH]c23)c1)c1ccoc1. The maximum Gasteiger partial charge on any atom is 0.258 e. The molecule has 0 fully saturated rings. The lowest BCUT2D eigenvalue weighted by Gasteiger charge is -2.10. The van der Waals surface area contributed by atoms with Crippen molar-refractivity contribution in [2.75, 3.05) is 10.6 Å². The predicted molar refractivity (Wildman–Crippen MR) is 96.5 cm³/mol. The monoisotopic (exact) mass is 332 g/mol. The van der Waals surface area contributed by atoms with Gasteiger partial charge in [-0.1, -0.05) is 24.3 Å². The van der Waals surface area contributed by atoms with Gasteiger partial charge in [0.25, 0.3) is 5.91 Å². The zero-order chi connectivity index (χ0) is 17.1. The molecule has 0 unspecified atom stereocenters. The smallest absolute Gasteiger partial charge is 0.258 e. The normalized spacial score (nSPS) is 10.7. The van der Waals surface area contributed by atoms with E-state index in [2.05, 4.69) is 26.9 Å². The third-order valence-corrected chi connectivity index (χ3v) is 3.95. The van der Waals surface area contributed by atoms with Crippen LogP contribution in [0.25, 0.3) is 10.9 Å². The third kappa shape index (κ3) is 3.23. The summed E-state index contributed by atoms with van der Waals surface area (Å²) >= 11 is 0. The molecule has 0 aliphatic heterocycles. The molecule has 3 N–H and O–H groups in total. The molecule has 0 spiro atoms. The summed E-state index contributed by atoms with van der Waals surface area (Å²) in [7, 11) is 0. The van der Waals surface area contributed by atoms with Crippen molar-refractivity contribution in [1.29, 1.82) is 0 Å². The Kier molecular flexibility index (Phi) is 3.92. The van der Waals surface area contributed by atoms with Crippen LogP contribution >= 0.6 is 0 Å². The van der Waals surface area contributed by atoms with Crippen molar-refractivity contribution in [1.82, 2.24) is 10.2 Å². The number of fused-ring (bicyclic) bond motifs is 1. The number of aromatic nitrogens is 2. The van der Waals surface area contributed by atoms with Gasteiger partial charge in [0, 0.05) is 23.3 Å². The molecule has 0 radical (unpaired) electrons. The lowest BCUT2D eigenvalue weighted by atomic mass is 10.1. The van der Waals surface area contributed by atoms with Gasteiger partial charge in [-0.15, -0.1) is 0 Å². The summed E-state index contributed by atoms with van der Waals surface area (Å²) in [5.74, 6) is -0.201. The van der Waals surface area contributed by atoms with E-state index in [9.17, 15) is 4.79 Å². The highest BCUT2D eigenvalue weighted by atomic mass is 16.3. The van der Waals surface area contributed by atoms with Crippen molar-refractivity contribution >= 4 is 28.2 Å². The first kappa shape index (κ1) is 15.0. The Morgan fingerprint density at radius 2 is 2.00 bits per heavy atom. The molecule has 6 nitrogen and oxygen atoms in total. The van der Waals surface area contributed by atoms with Gasteiger partial charge in [0.15, 0.2) is 0 Å². The molecule has 25 heavy (non-hydrogen) atoms. The van der Waals surface area contributed by atoms with Gasteiger partial charge >= 0.3 is 0 Å². The Hall–Kier alpha value is -3.54. The van der Waals surface area contributed by atoms with E-state index in [1.807, 2.05) is 42.6 Å². The lowest BCUT2D eigenvalue weighted by molar-refractivity contribution is 0.102. The summed E-state index contributed by atoms with van der Waals surface area (Å²) < 4.78 is 4.93. The summed E-state index contributed by atoms with van der Waals surface area (Å²) in [6.07, 6.45) is 4.70. The standard InChI is InChI=1S/C19H16N4O2/c24-19(15-7-8-25-12-15)22-17-6-2-5-16(9-17)20-10-13-3-1-4-14-11-21-23-18(13)14/h1-9,11-12,20H,10H2,(H,21,23)(H,22,24). The fraction of sp³-hybridized carbons (Fsp3) is 0.0526. The fourth-order valence-corrected chi connectivity index (χ4v) is 2.68. The largest absolute Gasteiger partial charge is 0.472 e. The fourth-order valence-electron chi connectivity index (χ4n) is 2.68. The number of aromatic amines is 1. The molecule has 0 atom stereocenters. The Bertz CT molecular complexity index is 1010. The Morgan fingerprint density at radius 1 is 1.12 bits per heavy atom. The second-order valence-corrected chi connectivity index (χ2v) is 5.65. The van der Waals surface area contributed by atoms with E-state index < -0.39 is 0 Å². The van der Waals surface area contributed by atoms with Gasteiger partial charge < -0.3 is 15.1 Å². The van der Waals surface area contributed by atoms with Crippen LogP contribution in [0.3, 0.4) is 0 Å². The average Bonchev–Trinajstić information content (AvgIpc) is 3.31. The molecule has 4 aromatic rings. The van der Waals surface area contributed by atoms with Crippen molar-refractivity contribution in [3.63, 3.8) is 0 Å². The molecule has 1 amide bonds. The summed E-state index contributed by atoms with van der Waals surface area (Å²) in [4.78, 5) is 12.1. The lowest BCUT2D eigenvalue weighted by Crippen LogP contribution is -2.11. The molecule has 0 saturated heterocycles. The summed E-state index contributed by atoms with van der Waals surface area (Å²) in [5, 5.41) is 14.4. The second kappa shape index (κ2) is 6.52. The highest BCUT2D eigenvalue weighted by Gasteiger charge is 2.08. The van der Waals surface area contributed by atoms with E-state index in [1.54, 1.807) is 6.07 Å². The number of rotatable bonds is 5. The first-order chi connectivity index (χ1) is 12.3. The molecule has 2 aromatic heterocycles. The van der Waals surface area contributed by atoms with Crippen molar-refractivity contribution in [2.24, 2.45) is 0 Å². The number of nitrogens with zero attached hydrogens (tertiary/aromatic N) is 1. The number of H-pyrrole nitrogens is 1. The van der Waals surface area contributed by atoms with Gasteiger partial charge in [-0.3, -0.25) is 9.89 Å². The number of hydrogen-bond acceptors (Lipinski definition) is 4. The van der Waals surface area contributed by atoms with Crippen molar-refractivity contribution in [3.05, 3.63) is 78.4 Å². The zero-order valence-electron chi connectivity index (χ0n) is 13.3. The van der Waals surface area contributed by atoms with Crippen molar-refractivity contribution in [2.45, 2.75) is 6.54 Å².